The molecule has 8 nitrogen and oxygen atoms in total. The molecule has 251 valence electrons. The Morgan fingerprint density at radius 2 is 0.953 bits per heavy atom. The summed E-state index contributed by atoms with van der Waals surface area (Å²) in [4.78, 5) is 13.8. The molecule has 0 aliphatic carbocycles. The number of nitrogens with one attached hydrogen (secondary N) is 2. The van der Waals surface area contributed by atoms with E-state index in [-0.39, 0.29) is 51.2 Å². The Morgan fingerprint density at radius 1 is 0.488 bits per heavy atom. The summed E-state index contributed by atoms with van der Waals surface area (Å²) in [6.07, 6.45) is 6.58. The van der Waals surface area contributed by atoms with Crippen LogP contribution in [-0.2, 0) is 51.2 Å². The van der Waals surface area contributed by atoms with E-state index in [2.05, 4.69) is 68.2 Å². The Kier molecular flexibility index (Phi) is 24.2. The van der Waals surface area contributed by atoms with Gasteiger partial charge in [-0.1, -0.05) is 46.4 Å². The van der Waals surface area contributed by atoms with E-state index in [1.807, 2.05) is 0 Å². The second kappa shape index (κ2) is 22.9. The predicted molar refractivity (Wildman–Crippen MR) is 173 cm³/mol. The molecule has 15 heteroatoms. The number of rotatable bonds is 0. The molecule has 4 aliphatic heterocycles. The van der Waals surface area contributed by atoms with Crippen LogP contribution in [0.2, 0.25) is 0 Å². The van der Waals surface area contributed by atoms with E-state index >= 15 is 0 Å². The molecule has 0 aromatic carbocycles. The summed E-state index contributed by atoms with van der Waals surface area (Å²) in [7, 11) is 8.62. The molecule has 0 amide bonds. The van der Waals surface area contributed by atoms with Crippen molar-refractivity contribution in [1.29, 1.82) is 0 Å². The number of hydrogen-bond acceptors (Lipinski definition) is 8. The van der Waals surface area contributed by atoms with E-state index in [0.717, 1.165) is 104 Å². The van der Waals surface area contributed by atoms with E-state index in [0.29, 0.717) is 18.6 Å². The summed E-state index contributed by atoms with van der Waals surface area (Å²) in [5.74, 6) is 0. The molecule has 4 unspecified atom stereocenters. The van der Waals surface area contributed by atoms with Crippen molar-refractivity contribution >= 4 is 46.4 Å². The molecule has 4 saturated heterocycles. The fourth-order valence-corrected chi connectivity index (χ4v) is 7.27. The van der Waals surface area contributed by atoms with E-state index < -0.39 is 8.91 Å². The van der Waals surface area contributed by atoms with E-state index in [1.165, 1.54) is 19.4 Å². The number of fused-ring (bicyclic) bond motifs is 6. The van der Waals surface area contributed by atoms with Crippen molar-refractivity contribution in [3.05, 3.63) is 0 Å². The van der Waals surface area contributed by atoms with Gasteiger partial charge in [-0.3, -0.25) is 9.80 Å². The standard InChI is InChI=1S/C15H30Cl2N4.C13H26Cl2N4.3Mn/c1-19-8-3-9-21-11-5-14(4-10-19)18-7-13-20(2)12-6-15(21,16)17;1-17-6-3-12-4-7-19(10-9-17)13(14,15)11-18(2)8-5-16-12;;;/h14,18H,3-13H2,1-2H3;12,16H,3-11H2,1-2H3;;;/q;;3*+2. The van der Waals surface area contributed by atoms with Gasteiger partial charge in [-0.25, -0.2) is 0 Å². The summed E-state index contributed by atoms with van der Waals surface area (Å²) in [6, 6.07) is 1.13. The fourth-order valence-electron chi connectivity index (χ4n) is 6.02. The van der Waals surface area contributed by atoms with Gasteiger partial charge in [-0.15, -0.1) is 0 Å². The third kappa shape index (κ3) is 17.1. The van der Waals surface area contributed by atoms with Gasteiger partial charge in [-0.05, 0) is 79.9 Å². The molecule has 0 aromatic heterocycles. The van der Waals surface area contributed by atoms with Gasteiger partial charge < -0.3 is 30.2 Å². The fraction of sp³-hybridized carbons (Fsp3) is 1.00. The number of alkyl halides is 4. The minimum Gasteiger partial charge on any atom is -0.313 e. The van der Waals surface area contributed by atoms with Crippen LogP contribution in [0.1, 0.15) is 38.5 Å². The number of nitrogens with zero attached hydrogens (tertiary/aromatic N) is 6. The van der Waals surface area contributed by atoms with Gasteiger partial charge in [-0.2, -0.15) is 0 Å². The summed E-state index contributed by atoms with van der Waals surface area (Å²) in [5.41, 5.74) is 0. The predicted octanol–water partition coefficient (Wildman–Crippen LogP) is 2.87. The molecule has 4 aliphatic rings. The molecule has 4 bridgehead atoms. The van der Waals surface area contributed by atoms with Crippen molar-refractivity contribution in [2.45, 2.75) is 59.5 Å². The minimum atomic E-state index is -0.776. The maximum atomic E-state index is 6.67. The zero-order valence-corrected chi connectivity index (χ0v) is 33.2. The number of halogens is 4. The maximum Gasteiger partial charge on any atom is 2.00 e. The van der Waals surface area contributed by atoms with E-state index in [9.17, 15) is 0 Å². The van der Waals surface area contributed by atoms with Crippen molar-refractivity contribution in [2.24, 2.45) is 0 Å². The summed E-state index contributed by atoms with van der Waals surface area (Å²) in [6.45, 7) is 14.0. The first-order valence-corrected chi connectivity index (χ1v) is 16.9. The quantitative estimate of drug-likeness (QED) is 0.221. The first-order valence-electron chi connectivity index (χ1n) is 15.4. The third-order valence-corrected chi connectivity index (χ3v) is 10.5. The summed E-state index contributed by atoms with van der Waals surface area (Å²) in [5, 5.41) is 7.39. The van der Waals surface area contributed by atoms with Gasteiger partial charge in [0.1, 0.15) is 0 Å². The second-order valence-corrected chi connectivity index (χ2v) is 15.4. The Hall–Kier alpha value is 2.40. The smallest absolute Gasteiger partial charge is 0.313 e. The molecule has 4 fully saturated rings. The van der Waals surface area contributed by atoms with Gasteiger partial charge in [0.05, 0.1) is 0 Å². The van der Waals surface area contributed by atoms with Crippen LogP contribution < -0.4 is 10.6 Å². The molecule has 3 radical (unpaired) electrons. The van der Waals surface area contributed by atoms with Crippen LogP contribution in [0.25, 0.3) is 0 Å². The Morgan fingerprint density at radius 3 is 1.53 bits per heavy atom. The minimum absolute atomic E-state index is 0. The van der Waals surface area contributed by atoms with Crippen LogP contribution in [-0.4, -0.2) is 170 Å². The van der Waals surface area contributed by atoms with Crippen molar-refractivity contribution in [2.75, 3.05) is 120 Å². The van der Waals surface area contributed by atoms with Crippen molar-refractivity contribution in [3.63, 3.8) is 0 Å². The Balaban J connectivity index is 0.000000770. The molecule has 0 aromatic rings. The maximum absolute atomic E-state index is 6.67. The average molecular weight is 811 g/mol. The molecule has 4 rings (SSSR count). The molecule has 0 spiro atoms. The molecule has 4 atom stereocenters. The van der Waals surface area contributed by atoms with E-state index in [1.54, 1.807) is 0 Å². The van der Waals surface area contributed by atoms with Gasteiger partial charge in [0.15, 0.2) is 8.91 Å². The first kappa shape index (κ1) is 45.4. The molecule has 2 N–H and O–H groups in total. The molecular weight excluding hydrogens is 755 g/mol. The van der Waals surface area contributed by atoms with Gasteiger partial charge in [0.2, 0.25) is 0 Å². The Labute approximate surface area is 314 Å². The van der Waals surface area contributed by atoms with Crippen LogP contribution >= 0.6 is 46.4 Å². The van der Waals surface area contributed by atoms with Crippen LogP contribution in [0.3, 0.4) is 0 Å². The van der Waals surface area contributed by atoms with Gasteiger partial charge in [0, 0.05) is 90.5 Å². The van der Waals surface area contributed by atoms with Crippen molar-refractivity contribution in [1.82, 2.24) is 40.0 Å². The first-order chi connectivity index (χ1) is 18.9. The van der Waals surface area contributed by atoms with Crippen LogP contribution in [0.15, 0.2) is 0 Å². The van der Waals surface area contributed by atoms with Crippen LogP contribution in [0, 0.1) is 0 Å². The largest absolute Gasteiger partial charge is 2.00 e. The Bertz CT molecular complexity index is 733. The number of hydrogen-bond donors (Lipinski definition) is 2. The van der Waals surface area contributed by atoms with Gasteiger partial charge >= 0.3 is 51.2 Å². The van der Waals surface area contributed by atoms with Gasteiger partial charge in [0.25, 0.3) is 0 Å². The number of likely N-dealkylation sites (N-methyl/N-ethyl adjacent to an activating group) is 3. The molecule has 0 saturated carbocycles. The molecular formula is C28H56Cl4Mn3N8+6. The average Bonchev–Trinajstić information content (AvgIpc) is 2.96. The van der Waals surface area contributed by atoms with Crippen molar-refractivity contribution < 1.29 is 51.2 Å². The van der Waals surface area contributed by atoms with Crippen molar-refractivity contribution in [3.8, 4) is 0 Å². The topological polar surface area (TPSA) is 43.5 Å². The molecule has 43 heavy (non-hydrogen) atoms. The zero-order chi connectivity index (χ0) is 29.2. The van der Waals surface area contributed by atoms with Crippen LogP contribution in [0.4, 0.5) is 0 Å². The second-order valence-electron chi connectivity index (χ2n) is 12.5. The third-order valence-electron chi connectivity index (χ3n) is 8.97. The monoisotopic (exact) mass is 809 g/mol. The zero-order valence-electron chi connectivity index (χ0n) is 26.6. The van der Waals surface area contributed by atoms with Crippen LogP contribution in [0.5, 0.6) is 0 Å². The summed E-state index contributed by atoms with van der Waals surface area (Å²) >= 11 is 26.5. The van der Waals surface area contributed by atoms with E-state index in [4.69, 9.17) is 46.4 Å². The summed E-state index contributed by atoms with van der Waals surface area (Å²) < 4.78 is -1.51. The molecule has 4 heterocycles. The normalized spacial score (nSPS) is 32.4. The SMILES string of the molecule is CN1CCC2CCN(CC1)C(Cl)(Cl)CN(C)CCN2.CN1CCCN2CCC(CC1)NCCN(C)CCC2(Cl)Cl.[Mn+2].[Mn+2].[Mn+2].